The Morgan fingerprint density at radius 1 is 0.667 bits per heavy atom. The van der Waals surface area contributed by atoms with Gasteiger partial charge in [0.15, 0.2) is 17.3 Å². The zero-order valence-electron chi connectivity index (χ0n) is 34.4. The van der Waals surface area contributed by atoms with Crippen LogP contribution in [0.1, 0.15) is 55.5 Å². The lowest BCUT2D eigenvalue weighted by atomic mass is 10.2. The van der Waals surface area contributed by atoms with Crippen molar-refractivity contribution in [2.45, 2.75) is 59.5 Å². The molecule has 4 aromatic rings. The number of hydrogen-bond donors (Lipinski definition) is 5. The number of nitrogens with two attached hydrogens (primary N) is 4. The average molecular weight is 827 g/mol. The number of carboxylic acid groups (broad SMARTS) is 1. The number of pyridine rings is 2. The van der Waals surface area contributed by atoms with Crippen LogP contribution in [0.2, 0.25) is 0 Å². The lowest BCUT2D eigenvalue weighted by Gasteiger charge is -2.35. The maximum absolute atomic E-state index is 12.7. The maximum atomic E-state index is 12.7. The molecule has 0 amide bonds. The number of aromatic carboxylic acids is 1. The highest BCUT2D eigenvalue weighted by molar-refractivity contribution is 5.94. The molecule has 0 spiro atoms. The number of carboxylic acids is 1. The number of fused-ring (bicyclic) bond motifs is 2. The summed E-state index contributed by atoms with van der Waals surface area (Å²) in [5, 5.41) is 10.1. The van der Waals surface area contributed by atoms with Gasteiger partial charge in [-0.25, -0.2) is 14.8 Å². The predicted octanol–water partition coefficient (Wildman–Crippen LogP) is -0.294. The molecule has 0 unspecified atom stereocenters. The van der Waals surface area contributed by atoms with Gasteiger partial charge in [-0.3, -0.25) is 19.6 Å². The summed E-state index contributed by atoms with van der Waals surface area (Å²) in [6.45, 7) is 12.5. The van der Waals surface area contributed by atoms with Crippen LogP contribution in [-0.2, 0) is 13.1 Å². The highest BCUT2D eigenvalue weighted by Crippen LogP contribution is 2.18. The lowest BCUT2D eigenvalue weighted by Crippen LogP contribution is -2.52. The van der Waals surface area contributed by atoms with Gasteiger partial charge in [-0.15, -0.1) is 0 Å². The van der Waals surface area contributed by atoms with Gasteiger partial charge < -0.3 is 56.8 Å². The van der Waals surface area contributed by atoms with Gasteiger partial charge in [0.25, 0.3) is 0 Å². The summed E-state index contributed by atoms with van der Waals surface area (Å²) in [6, 6.07) is 0. The first-order valence-electron chi connectivity index (χ1n) is 20.2. The molecular formula is C38H54N18O4. The summed E-state index contributed by atoms with van der Waals surface area (Å²) in [6.07, 6.45) is 9.66. The third-order valence-corrected chi connectivity index (χ3v) is 10.5. The molecule has 22 nitrogen and oxygen atoms in total. The fraction of sp³-hybridized carbons (Fsp3) is 0.500. The smallest absolute Gasteiger partial charge is 0.341 e. The Labute approximate surface area is 346 Å². The van der Waals surface area contributed by atoms with Crippen LogP contribution < -0.4 is 43.6 Å². The van der Waals surface area contributed by atoms with Crippen LogP contribution in [0.5, 0.6) is 0 Å². The summed E-state index contributed by atoms with van der Waals surface area (Å²) < 4.78 is 3.61. The van der Waals surface area contributed by atoms with E-state index in [4.69, 9.17) is 27.9 Å². The van der Waals surface area contributed by atoms with E-state index in [2.05, 4.69) is 39.8 Å². The molecule has 0 aliphatic carbocycles. The van der Waals surface area contributed by atoms with Gasteiger partial charge in [0.1, 0.15) is 16.9 Å². The zero-order chi connectivity index (χ0) is 42.9. The number of guanidine groups is 4. The van der Waals surface area contributed by atoms with Gasteiger partial charge in [0, 0.05) is 109 Å². The third kappa shape index (κ3) is 9.86. The summed E-state index contributed by atoms with van der Waals surface area (Å²) in [7, 11) is 0. The number of aliphatic imine (C=N–C) groups is 4. The van der Waals surface area contributed by atoms with Crippen molar-refractivity contribution in [2.24, 2.45) is 42.9 Å². The molecule has 60 heavy (non-hydrogen) atoms. The predicted molar refractivity (Wildman–Crippen MR) is 233 cm³/mol. The molecule has 320 valence electrons. The molecule has 6 heterocycles. The summed E-state index contributed by atoms with van der Waals surface area (Å²) in [5.41, 5.74) is 25.4. The average Bonchev–Trinajstić information content (AvgIpc) is 3.25. The second-order valence-corrected chi connectivity index (χ2v) is 14.5. The van der Waals surface area contributed by atoms with Crippen LogP contribution in [0.25, 0.3) is 22.1 Å². The Morgan fingerprint density at radius 3 is 1.53 bits per heavy atom. The molecule has 22 heteroatoms. The van der Waals surface area contributed by atoms with E-state index in [1.807, 2.05) is 39.3 Å². The number of rotatable bonds is 12. The molecule has 9 N–H and O–H groups in total. The van der Waals surface area contributed by atoms with Crippen LogP contribution in [0.15, 0.2) is 54.3 Å². The molecule has 0 atom stereocenters. The number of carbonyl (C=O) groups is 1. The molecule has 0 aromatic carbocycles. The Bertz CT molecular complexity index is 2440. The first-order valence-corrected chi connectivity index (χ1v) is 20.2. The van der Waals surface area contributed by atoms with Gasteiger partial charge in [-0.2, -0.15) is 20.0 Å². The fourth-order valence-electron chi connectivity index (χ4n) is 7.09. The number of aryl methyl sites for hydroxylation is 3. The third-order valence-electron chi connectivity index (χ3n) is 10.5. The van der Waals surface area contributed by atoms with E-state index in [9.17, 15) is 19.5 Å². The van der Waals surface area contributed by atoms with Crippen LogP contribution in [0.4, 0.5) is 11.9 Å². The number of nitrogens with zero attached hydrogens (tertiary/aromatic N) is 14. The number of anilines is 2. The van der Waals surface area contributed by atoms with Crippen molar-refractivity contribution in [2.75, 3.05) is 75.2 Å². The molecule has 4 aromatic heterocycles. The Kier molecular flexibility index (Phi) is 13.7. The highest BCUT2D eigenvalue weighted by Gasteiger charge is 2.24. The Balaban J connectivity index is 0.882. The van der Waals surface area contributed by atoms with Crippen molar-refractivity contribution >= 4 is 63.8 Å². The first kappa shape index (κ1) is 42.7. The van der Waals surface area contributed by atoms with Crippen molar-refractivity contribution in [3.8, 4) is 0 Å². The SMILES string of the molecule is CCn1cc(C)c(=O)c2cnc(N3CCN(/C(N)=N/C(N)=NCCCCCCN=C(N)/N=C(\N)N4CCN(c5ncc6c(=O)c(C(=O)O)cn(CC)c6n5)CC4)CC3)nc21. The van der Waals surface area contributed by atoms with Gasteiger partial charge in [0.2, 0.25) is 29.2 Å². The number of hydrogen-bond acceptors (Lipinski definition) is 11. The monoisotopic (exact) mass is 826 g/mol. The van der Waals surface area contributed by atoms with Gasteiger partial charge >= 0.3 is 5.97 Å². The van der Waals surface area contributed by atoms with Crippen molar-refractivity contribution in [1.29, 1.82) is 0 Å². The van der Waals surface area contributed by atoms with Gasteiger partial charge in [0.05, 0.1) is 10.8 Å². The second-order valence-electron chi connectivity index (χ2n) is 14.5. The van der Waals surface area contributed by atoms with E-state index in [1.165, 1.54) is 12.4 Å². The lowest BCUT2D eigenvalue weighted by molar-refractivity contribution is 0.0694. The molecule has 2 fully saturated rings. The van der Waals surface area contributed by atoms with E-state index in [0.29, 0.717) is 119 Å². The van der Waals surface area contributed by atoms with Gasteiger partial charge in [-0.05, 0) is 33.6 Å². The summed E-state index contributed by atoms with van der Waals surface area (Å²) in [5.74, 6) is 0.560. The van der Waals surface area contributed by atoms with Crippen molar-refractivity contribution < 1.29 is 9.90 Å². The van der Waals surface area contributed by atoms with E-state index in [1.54, 1.807) is 17.7 Å². The van der Waals surface area contributed by atoms with E-state index in [0.717, 1.165) is 25.7 Å². The van der Waals surface area contributed by atoms with E-state index >= 15 is 0 Å². The van der Waals surface area contributed by atoms with Crippen molar-refractivity contribution in [3.63, 3.8) is 0 Å². The topological polar surface area (TPSA) is 299 Å². The van der Waals surface area contributed by atoms with E-state index in [-0.39, 0.29) is 34.3 Å². The van der Waals surface area contributed by atoms with Crippen molar-refractivity contribution in [1.82, 2.24) is 38.9 Å². The molecule has 6 rings (SSSR count). The standard InChI is InChI=1S/C38H54N18O4/c1-4-51-22-24(3)28(57)25-20-45-37(47-30(25)51)55-16-12-53(13-17-55)35(41)49-33(39)43-10-8-6-7-9-11-44-34(40)50-36(42)54-14-18-56(19-15-54)38-46-21-26-29(58)27(32(59)60)23-52(5-2)31(26)48-38/h20-23H,4-19H2,1-3H3,(H,59,60)(H4,39,41,43,49)(H4,40,42,44,50). The molecular weight excluding hydrogens is 773 g/mol. The molecule has 2 saturated heterocycles. The Morgan fingerprint density at radius 2 is 1.10 bits per heavy atom. The Hall–Kier alpha value is -6.87. The normalized spacial score (nSPS) is 16.1. The fourth-order valence-corrected chi connectivity index (χ4v) is 7.09. The maximum Gasteiger partial charge on any atom is 0.341 e. The molecule has 0 radical (unpaired) electrons. The molecule has 2 aliphatic heterocycles. The van der Waals surface area contributed by atoms with Gasteiger partial charge in [-0.1, -0.05) is 12.8 Å². The van der Waals surface area contributed by atoms with Crippen LogP contribution >= 0.6 is 0 Å². The van der Waals surface area contributed by atoms with E-state index < -0.39 is 11.4 Å². The first-order chi connectivity index (χ1) is 28.9. The van der Waals surface area contributed by atoms with Crippen LogP contribution in [0.3, 0.4) is 0 Å². The highest BCUT2D eigenvalue weighted by atomic mass is 16.4. The number of aromatic nitrogens is 6. The largest absolute Gasteiger partial charge is 0.477 e. The molecule has 2 aliphatic rings. The second kappa shape index (κ2) is 19.3. The minimum Gasteiger partial charge on any atom is -0.477 e. The van der Waals surface area contributed by atoms with Crippen LogP contribution in [-0.4, -0.2) is 139 Å². The summed E-state index contributed by atoms with van der Waals surface area (Å²) in [4.78, 5) is 80.2. The number of unbranched alkanes of at least 4 members (excludes halogenated alkanes) is 3. The molecule has 0 saturated carbocycles. The molecule has 0 bridgehead atoms. The van der Waals surface area contributed by atoms with Crippen LogP contribution in [0, 0.1) is 6.92 Å². The minimum atomic E-state index is -1.29. The minimum absolute atomic E-state index is 0.0496. The summed E-state index contributed by atoms with van der Waals surface area (Å²) >= 11 is 0. The number of piperazine rings is 2. The quantitative estimate of drug-likeness (QED) is 0.0696. The zero-order valence-corrected chi connectivity index (χ0v) is 34.4. The van der Waals surface area contributed by atoms with Crippen molar-refractivity contribution in [3.05, 3.63) is 56.4 Å².